The lowest BCUT2D eigenvalue weighted by molar-refractivity contribution is 0.711. The SMILES string of the molecule is CCc1ccccc1C(N)Cc1cccc(C)c1. The van der Waals surface area contributed by atoms with Gasteiger partial charge >= 0.3 is 0 Å². The number of aryl methyl sites for hydroxylation is 2. The number of hydrogen-bond donors (Lipinski definition) is 1. The molecule has 0 amide bonds. The zero-order chi connectivity index (χ0) is 13.0. The molecule has 0 saturated heterocycles. The fourth-order valence-electron chi connectivity index (χ4n) is 2.42. The molecule has 0 heterocycles. The van der Waals surface area contributed by atoms with Crippen molar-refractivity contribution in [1.29, 1.82) is 0 Å². The van der Waals surface area contributed by atoms with E-state index in [-0.39, 0.29) is 6.04 Å². The number of benzene rings is 2. The summed E-state index contributed by atoms with van der Waals surface area (Å²) in [5, 5.41) is 0. The van der Waals surface area contributed by atoms with Crippen molar-refractivity contribution in [2.45, 2.75) is 32.7 Å². The summed E-state index contributed by atoms with van der Waals surface area (Å²) >= 11 is 0. The monoisotopic (exact) mass is 239 g/mol. The van der Waals surface area contributed by atoms with Gasteiger partial charge in [0.2, 0.25) is 0 Å². The van der Waals surface area contributed by atoms with Crippen LogP contribution in [0.15, 0.2) is 48.5 Å². The van der Waals surface area contributed by atoms with Gasteiger partial charge in [0.05, 0.1) is 0 Å². The van der Waals surface area contributed by atoms with Crippen LogP contribution in [0.25, 0.3) is 0 Å². The Morgan fingerprint density at radius 2 is 1.83 bits per heavy atom. The Morgan fingerprint density at radius 1 is 1.06 bits per heavy atom. The minimum Gasteiger partial charge on any atom is -0.324 e. The van der Waals surface area contributed by atoms with Crippen LogP contribution in [0.3, 0.4) is 0 Å². The third-order valence-electron chi connectivity index (χ3n) is 3.37. The molecule has 2 N–H and O–H groups in total. The second-order valence-electron chi connectivity index (χ2n) is 4.85. The third-order valence-corrected chi connectivity index (χ3v) is 3.37. The van der Waals surface area contributed by atoms with Crippen molar-refractivity contribution in [2.75, 3.05) is 0 Å². The smallest absolute Gasteiger partial charge is 0.0338 e. The standard InChI is InChI=1S/C17H21N/c1-3-15-9-4-5-10-16(15)17(18)12-14-8-6-7-13(2)11-14/h4-11,17H,3,12,18H2,1-2H3. The summed E-state index contributed by atoms with van der Waals surface area (Å²) in [6.45, 7) is 4.30. The molecule has 0 bridgehead atoms. The molecule has 0 aliphatic carbocycles. The number of hydrogen-bond acceptors (Lipinski definition) is 1. The van der Waals surface area contributed by atoms with Gasteiger partial charge in [0.15, 0.2) is 0 Å². The second kappa shape index (κ2) is 5.83. The van der Waals surface area contributed by atoms with Crippen LogP contribution in [0.2, 0.25) is 0 Å². The van der Waals surface area contributed by atoms with Crippen LogP contribution in [0.1, 0.15) is 35.2 Å². The Morgan fingerprint density at radius 3 is 2.56 bits per heavy atom. The molecule has 0 fully saturated rings. The topological polar surface area (TPSA) is 26.0 Å². The van der Waals surface area contributed by atoms with Gasteiger partial charge in [0.25, 0.3) is 0 Å². The van der Waals surface area contributed by atoms with Gasteiger partial charge in [-0.15, -0.1) is 0 Å². The van der Waals surface area contributed by atoms with E-state index < -0.39 is 0 Å². The molecule has 1 nitrogen and oxygen atoms in total. The van der Waals surface area contributed by atoms with Crippen molar-refractivity contribution in [2.24, 2.45) is 5.73 Å². The van der Waals surface area contributed by atoms with Gasteiger partial charge in [-0.3, -0.25) is 0 Å². The summed E-state index contributed by atoms with van der Waals surface area (Å²) in [6.07, 6.45) is 1.94. The Bertz CT molecular complexity index is 517. The fourth-order valence-corrected chi connectivity index (χ4v) is 2.42. The van der Waals surface area contributed by atoms with E-state index in [2.05, 4.69) is 62.4 Å². The number of nitrogens with two attached hydrogens (primary N) is 1. The van der Waals surface area contributed by atoms with Gasteiger partial charge < -0.3 is 5.73 Å². The molecule has 2 aromatic rings. The van der Waals surface area contributed by atoms with Crippen LogP contribution >= 0.6 is 0 Å². The second-order valence-corrected chi connectivity index (χ2v) is 4.85. The van der Waals surface area contributed by atoms with Crippen molar-refractivity contribution in [3.05, 3.63) is 70.8 Å². The molecule has 0 aromatic heterocycles. The molecule has 0 saturated carbocycles. The first-order valence-corrected chi connectivity index (χ1v) is 6.59. The van der Waals surface area contributed by atoms with E-state index in [0.29, 0.717) is 0 Å². The highest BCUT2D eigenvalue weighted by molar-refractivity contribution is 5.32. The highest BCUT2D eigenvalue weighted by Crippen LogP contribution is 2.20. The quantitative estimate of drug-likeness (QED) is 0.863. The van der Waals surface area contributed by atoms with Gasteiger partial charge in [-0.2, -0.15) is 0 Å². The molecule has 0 spiro atoms. The highest BCUT2D eigenvalue weighted by Gasteiger charge is 2.10. The van der Waals surface area contributed by atoms with Crippen LogP contribution < -0.4 is 5.73 Å². The summed E-state index contributed by atoms with van der Waals surface area (Å²) in [4.78, 5) is 0. The largest absolute Gasteiger partial charge is 0.324 e. The van der Waals surface area contributed by atoms with E-state index >= 15 is 0 Å². The Labute approximate surface area is 110 Å². The third kappa shape index (κ3) is 2.99. The van der Waals surface area contributed by atoms with Gasteiger partial charge in [-0.25, -0.2) is 0 Å². The molecule has 1 atom stereocenters. The van der Waals surface area contributed by atoms with Crippen LogP contribution in [-0.2, 0) is 12.8 Å². The van der Waals surface area contributed by atoms with Crippen molar-refractivity contribution >= 4 is 0 Å². The first-order chi connectivity index (χ1) is 8.70. The van der Waals surface area contributed by atoms with E-state index in [9.17, 15) is 0 Å². The van der Waals surface area contributed by atoms with Gasteiger partial charge in [0.1, 0.15) is 0 Å². The summed E-state index contributed by atoms with van der Waals surface area (Å²) in [5.41, 5.74) is 11.6. The minimum absolute atomic E-state index is 0.0861. The molecule has 2 rings (SSSR count). The first kappa shape index (κ1) is 12.8. The first-order valence-electron chi connectivity index (χ1n) is 6.59. The van der Waals surface area contributed by atoms with Crippen molar-refractivity contribution in [3.8, 4) is 0 Å². The Kier molecular flexibility index (Phi) is 4.16. The van der Waals surface area contributed by atoms with Crippen molar-refractivity contribution < 1.29 is 0 Å². The van der Waals surface area contributed by atoms with E-state index in [1.807, 2.05) is 0 Å². The summed E-state index contributed by atoms with van der Waals surface area (Å²) in [5.74, 6) is 0. The van der Waals surface area contributed by atoms with Crippen LogP contribution in [-0.4, -0.2) is 0 Å². The molecule has 18 heavy (non-hydrogen) atoms. The predicted molar refractivity (Wildman–Crippen MR) is 77.6 cm³/mol. The van der Waals surface area contributed by atoms with Crippen LogP contribution in [0.5, 0.6) is 0 Å². The molecule has 1 heteroatoms. The Balaban J connectivity index is 2.19. The lowest BCUT2D eigenvalue weighted by atomic mass is 9.94. The van der Waals surface area contributed by atoms with Crippen LogP contribution in [0.4, 0.5) is 0 Å². The lowest BCUT2D eigenvalue weighted by Gasteiger charge is -2.16. The molecule has 0 radical (unpaired) electrons. The maximum Gasteiger partial charge on any atom is 0.0338 e. The maximum atomic E-state index is 6.35. The van der Waals surface area contributed by atoms with E-state index in [1.165, 1.54) is 22.3 Å². The molecular formula is C17H21N. The zero-order valence-corrected chi connectivity index (χ0v) is 11.2. The van der Waals surface area contributed by atoms with Crippen molar-refractivity contribution in [3.63, 3.8) is 0 Å². The van der Waals surface area contributed by atoms with Gasteiger partial charge in [-0.1, -0.05) is 61.0 Å². The van der Waals surface area contributed by atoms with Gasteiger partial charge in [-0.05, 0) is 36.5 Å². The molecule has 94 valence electrons. The van der Waals surface area contributed by atoms with E-state index in [1.54, 1.807) is 0 Å². The minimum atomic E-state index is 0.0861. The molecule has 0 aliphatic heterocycles. The number of rotatable bonds is 4. The highest BCUT2D eigenvalue weighted by atomic mass is 14.6. The van der Waals surface area contributed by atoms with E-state index in [0.717, 1.165) is 12.8 Å². The molecule has 0 aliphatic rings. The Hall–Kier alpha value is -1.60. The summed E-state index contributed by atoms with van der Waals surface area (Å²) < 4.78 is 0. The van der Waals surface area contributed by atoms with Gasteiger partial charge in [0, 0.05) is 6.04 Å². The molecular weight excluding hydrogens is 218 g/mol. The zero-order valence-electron chi connectivity index (χ0n) is 11.2. The van der Waals surface area contributed by atoms with E-state index in [4.69, 9.17) is 5.73 Å². The summed E-state index contributed by atoms with van der Waals surface area (Å²) in [6, 6.07) is 17.2. The average molecular weight is 239 g/mol. The van der Waals surface area contributed by atoms with Crippen molar-refractivity contribution in [1.82, 2.24) is 0 Å². The summed E-state index contributed by atoms with van der Waals surface area (Å²) in [7, 11) is 0. The predicted octanol–water partition coefficient (Wildman–Crippen LogP) is 3.80. The molecule has 1 unspecified atom stereocenters. The average Bonchev–Trinajstić information content (AvgIpc) is 2.38. The maximum absolute atomic E-state index is 6.35. The van der Waals surface area contributed by atoms with Crippen LogP contribution in [0, 0.1) is 6.92 Å². The fraction of sp³-hybridized carbons (Fsp3) is 0.294. The normalized spacial score (nSPS) is 12.4. The lowest BCUT2D eigenvalue weighted by Crippen LogP contribution is -2.15. The molecule has 2 aromatic carbocycles.